The van der Waals surface area contributed by atoms with Crippen LogP contribution in [0.2, 0.25) is 0 Å². The topological polar surface area (TPSA) is 73.0 Å². The van der Waals surface area contributed by atoms with E-state index in [0.29, 0.717) is 39.3 Å². The number of amides is 1. The maximum Gasteiger partial charge on any atom is 0.282 e. The second-order valence-electron chi connectivity index (χ2n) is 6.69. The lowest BCUT2D eigenvalue weighted by atomic mass is 10.2. The van der Waals surface area contributed by atoms with E-state index in [4.69, 9.17) is 0 Å². The van der Waals surface area contributed by atoms with Crippen LogP contribution in [0, 0.1) is 0 Å². The molecule has 0 spiro atoms. The zero-order valence-electron chi connectivity index (χ0n) is 13.7. The highest BCUT2D eigenvalue weighted by molar-refractivity contribution is 7.86. The number of nitrogens with zero attached hydrogens (tertiary/aromatic N) is 3. The molecule has 7 nitrogen and oxygen atoms in total. The highest BCUT2D eigenvalue weighted by Gasteiger charge is 2.35. The number of piperazine rings is 1. The van der Waals surface area contributed by atoms with Crippen molar-refractivity contribution in [2.24, 2.45) is 0 Å². The molecule has 0 aromatic carbocycles. The lowest BCUT2D eigenvalue weighted by molar-refractivity contribution is -0.134. The standard InChI is InChI=1S/C15H28N4O3S/c20-15(14-6-5-7-16-14)17-10-12-19(13-11-17)23(21,22)18-8-3-1-2-4-9-18/h14,16H,1-13H2. The molecular weight excluding hydrogens is 316 g/mol. The van der Waals surface area contributed by atoms with E-state index in [1.54, 1.807) is 8.61 Å². The molecule has 3 rings (SSSR count). The van der Waals surface area contributed by atoms with Crippen molar-refractivity contribution in [3.05, 3.63) is 0 Å². The van der Waals surface area contributed by atoms with Gasteiger partial charge in [-0.05, 0) is 32.2 Å². The van der Waals surface area contributed by atoms with Crippen LogP contribution in [-0.2, 0) is 15.0 Å². The van der Waals surface area contributed by atoms with Crippen LogP contribution in [0.1, 0.15) is 38.5 Å². The number of hydrogen-bond acceptors (Lipinski definition) is 4. The van der Waals surface area contributed by atoms with Gasteiger partial charge in [0.2, 0.25) is 5.91 Å². The SMILES string of the molecule is O=C(C1CCCN1)N1CCN(S(=O)(=O)N2CCCCCC2)CC1. The lowest BCUT2D eigenvalue weighted by Crippen LogP contribution is -2.56. The predicted octanol–water partition coefficient (Wildman–Crippen LogP) is 0.00340. The third kappa shape index (κ3) is 3.87. The van der Waals surface area contributed by atoms with Gasteiger partial charge in [-0.15, -0.1) is 0 Å². The van der Waals surface area contributed by atoms with Crippen molar-refractivity contribution >= 4 is 16.1 Å². The first kappa shape index (κ1) is 17.1. The predicted molar refractivity (Wildman–Crippen MR) is 88.1 cm³/mol. The molecule has 132 valence electrons. The van der Waals surface area contributed by atoms with Crippen molar-refractivity contribution in [3.8, 4) is 0 Å². The Hall–Kier alpha value is -0.700. The maximum absolute atomic E-state index is 12.8. The summed E-state index contributed by atoms with van der Waals surface area (Å²) in [5.41, 5.74) is 0. The van der Waals surface area contributed by atoms with E-state index in [1.165, 1.54) is 0 Å². The molecule has 1 amide bonds. The van der Waals surface area contributed by atoms with Gasteiger partial charge in [0.15, 0.2) is 0 Å². The van der Waals surface area contributed by atoms with E-state index in [0.717, 1.165) is 45.1 Å². The first-order chi connectivity index (χ1) is 11.1. The van der Waals surface area contributed by atoms with Crippen molar-refractivity contribution in [1.29, 1.82) is 0 Å². The van der Waals surface area contributed by atoms with Gasteiger partial charge in [-0.3, -0.25) is 4.79 Å². The van der Waals surface area contributed by atoms with Crippen LogP contribution in [0.25, 0.3) is 0 Å². The van der Waals surface area contributed by atoms with E-state index in [-0.39, 0.29) is 11.9 Å². The van der Waals surface area contributed by atoms with Gasteiger partial charge < -0.3 is 10.2 Å². The number of carbonyl (C=O) groups excluding carboxylic acids is 1. The van der Waals surface area contributed by atoms with Gasteiger partial charge in [0.05, 0.1) is 6.04 Å². The van der Waals surface area contributed by atoms with Crippen molar-refractivity contribution in [1.82, 2.24) is 18.8 Å². The van der Waals surface area contributed by atoms with Gasteiger partial charge in [-0.1, -0.05) is 12.8 Å². The van der Waals surface area contributed by atoms with Crippen LogP contribution >= 0.6 is 0 Å². The molecule has 0 bridgehead atoms. The minimum absolute atomic E-state index is 0.0660. The summed E-state index contributed by atoms with van der Waals surface area (Å²) in [5.74, 6) is 0.134. The van der Waals surface area contributed by atoms with E-state index >= 15 is 0 Å². The third-order valence-electron chi connectivity index (χ3n) is 5.13. The highest BCUT2D eigenvalue weighted by Crippen LogP contribution is 2.18. The monoisotopic (exact) mass is 344 g/mol. The number of carbonyl (C=O) groups is 1. The normalized spacial score (nSPS) is 28.7. The van der Waals surface area contributed by atoms with Crippen LogP contribution in [-0.4, -0.2) is 79.7 Å². The molecule has 23 heavy (non-hydrogen) atoms. The first-order valence-electron chi connectivity index (χ1n) is 8.86. The Morgan fingerprint density at radius 2 is 1.43 bits per heavy atom. The average Bonchev–Trinajstić information content (AvgIpc) is 2.96. The van der Waals surface area contributed by atoms with E-state index in [1.807, 2.05) is 4.90 Å². The zero-order valence-corrected chi connectivity index (χ0v) is 14.6. The molecule has 0 aliphatic carbocycles. The molecule has 3 aliphatic heterocycles. The van der Waals surface area contributed by atoms with Crippen LogP contribution < -0.4 is 5.32 Å². The molecule has 8 heteroatoms. The van der Waals surface area contributed by atoms with Gasteiger partial charge in [0.1, 0.15) is 0 Å². The molecule has 3 heterocycles. The van der Waals surface area contributed by atoms with Crippen LogP contribution in [0.15, 0.2) is 0 Å². The van der Waals surface area contributed by atoms with Gasteiger partial charge in [-0.2, -0.15) is 17.0 Å². The summed E-state index contributed by atoms with van der Waals surface area (Å²) in [6, 6.07) is -0.0660. The average molecular weight is 344 g/mol. The Bertz CT molecular complexity index is 503. The fourth-order valence-corrected chi connectivity index (χ4v) is 5.36. The summed E-state index contributed by atoms with van der Waals surface area (Å²) in [5, 5.41) is 3.22. The van der Waals surface area contributed by atoms with Crippen molar-refractivity contribution in [2.75, 3.05) is 45.8 Å². The smallest absolute Gasteiger partial charge is 0.282 e. The van der Waals surface area contributed by atoms with Crippen LogP contribution in [0.4, 0.5) is 0 Å². The zero-order chi connectivity index (χ0) is 16.3. The van der Waals surface area contributed by atoms with E-state index < -0.39 is 10.2 Å². The summed E-state index contributed by atoms with van der Waals surface area (Å²) < 4.78 is 28.7. The fraction of sp³-hybridized carbons (Fsp3) is 0.933. The maximum atomic E-state index is 12.8. The second-order valence-corrected chi connectivity index (χ2v) is 8.62. The molecule has 0 radical (unpaired) electrons. The molecular formula is C15H28N4O3S. The molecule has 1 N–H and O–H groups in total. The largest absolute Gasteiger partial charge is 0.339 e. The highest BCUT2D eigenvalue weighted by atomic mass is 32.2. The van der Waals surface area contributed by atoms with Crippen LogP contribution in [0.3, 0.4) is 0 Å². The first-order valence-corrected chi connectivity index (χ1v) is 10.3. The Morgan fingerprint density at radius 3 is 2.00 bits per heavy atom. The molecule has 1 atom stereocenters. The molecule has 0 saturated carbocycles. The van der Waals surface area contributed by atoms with Gasteiger partial charge >= 0.3 is 0 Å². The Morgan fingerprint density at radius 1 is 0.826 bits per heavy atom. The summed E-state index contributed by atoms with van der Waals surface area (Å²) in [7, 11) is -3.36. The molecule has 3 aliphatic rings. The quantitative estimate of drug-likeness (QED) is 0.782. The third-order valence-corrected chi connectivity index (χ3v) is 7.16. The van der Waals surface area contributed by atoms with Crippen LogP contribution in [0.5, 0.6) is 0 Å². The summed E-state index contributed by atoms with van der Waals surface area (Å²) in [4.78, 5) is 14.2. The Kier molecular flexibility index (Phi) is 5.56. The van der Waals surface area contributed by atoms with Crippen molar-refractivity contribution < 1.29 is 13.2 Å². The van der Waals surface area contributed by atoms with Gasteiger partial charge in [-0.25, -0.2) is 0 Å². The molecule has 3 fully saturated rings. The number of rotatable bonds is 3. The lowest BCUT2D eigenvalue weighted by Gasteiger charge is -2.37. The molecule has 0 aromatic heterocycles. The summed E-state index contributed by atoms with van der Waals surface area (Å²) in [6.07, 6.45) is 6.06. The molecule has 3 saturated heterocycles. The van der Waals surface area contributed by atoms with Gasteiger partial charge in [0, 0.05) is 39.3 Å². The minimum atomic E-state index is -3.36. The fourth-order valence-electron chi connectivity index (χ4n) is 3.69. The summed E-state index contributed by atoms with van der Waals surface area (Å²) >= 11 is 0. The Labute approximate surface area is 139 Å². The van der Waals surface area contributed by atoms with Crippen molar-refractivity contribution in [2.45, 2.75) is 44.6 Å². The van der Waals surface area contributed by atoms with Crippen molar-refractivity contribution in [3.63, 3.8) is 0 Å². The number of hydrogen-bond donors (Lipinski definition) is 1. The number of nitrogens with one attached hydrogen (secondary N) is 1. The second kappa shape index (κ2) is 7.46. The molecule has 0 aromatic rings. The van der Waals surface area contributed by atoms with E-state index in [2.05, 4.69) is 5.32 Å². The van der Waals surface area contributed by atoms with Gasteiger partial charge in [0.25, 0.3) is 10.2 Å². The Balaban J connectivity index is 1.56. The molecule has 1 unspecified atom stereocenters. The van der Waals surface area contributed by atoms with E-state index in [9.17, 15) is 13.2 Å². The summed E-state index contributed by atoms with van der Waals surface area (Å²) in [6.45, 7) is 4.00. The minimum Gasteiger partial charge on any atom is -0.339 e.